The van der Waals surface area contributed by atoms with Crippen molar-refractivity contribution in [3.8, 4) is 0 Å². The third-order valence-electron chi connectivity index (χ3n) is 2.72. The van der Waals surface area contributed by atoms with Crippen LogP contribution in [0.4, 0.5) is 5.69 Å². The highest BCUT2D eigenvalue weighted by molar-refractivity contribution is 9.11. The number of thiophene rings is 1. The monoisotopic (exact) mass is 388 g/mol. The molecule has 0 fully saturated rings. The van der Waals surface area contributed by atoms with E-state index in [-0.39, 0.29) is 10.8 Å². The predicted molar refractivity (Wildman–Crippen MR) is 87.3 cm³/mol. The Kier molecular flexibility index (Phi) is 4.82. The van der Waals surface area contributed by atoms with E-state index in [1.165, 1.54) is 37.6 Å². The summed E-state index contributed by atoms with van der Waals surface area (Å²) in [5, 5.41) is 4.46. The molecular formula is C13H13BrN2O3S2. The Bertz CT molecular complexity index is 752. The number of hydrogen-bond acceptors (Lipinski definition) is 4. The minimum atomic E-state index is -3.45. The molecule has 2 aromatic rings. The van der Waals surface area contributed by atoms with Crippen LogP contribution < -0.4 is 5.32 Å². The Hall–Kier alpha value is -1.22. The number of nitrogens with zero attached hydrogens (tertiary/aromatic N) is 1. The number of carbonyl (C=O) groups is 1. The van der Waals surface area contributed by atoms with Crippen molar-refractivity contribution in [3.63, 3.8) is 0 Å². The molecule has 0 aliphatic heterocycles. The molecule has 5 nitrogen and oxygen atoms in total. The van der Waals surface area contributed by atoms with Gasteiger partial charge in [-0.05, 0) is 46.3 Å². The second kappa shape index (κ2) is 6.27. The molecule has 1 heterocycles. The molecule has 0 atom stereocenters. The molecule has 0 saturated carbocycles. The molecule has 1 aromatic carbocycles. The van der Waals surface area contributed by atoms with Crippen LogP contribution in [0.2, 0.25) is 0 Å². The van der Waals surface area contributed by atoms with E-state index in [1.54, 1.807) is 23.6 Å². The Morgan fingerprint density at radius 3 is 2.33 bits per heavy atom. The molecule has 0 saturated heterocycles. The number of hydrogen-bond donors (Lipinski definition) is 1. The molecule has 0 spiro atoms. The van der Waals surface area contributed by atoms with Crippen LogP contribution in [0.1, 0.15) is 10.4 Å². The van der Waals surface area contributed by atoms with Crippen LogP contribution in [0.15, 0.2) is 44.4 Å². The van der Waals surface area contributed by atoms with E-state index in [1.807, 2.05) is 0 Å². The summed E-state index contributed by atoms with van der Waals surface area (Å²) in [7, 11) is -0.512. The molecular weight excluding hydrogens is 376 g/mol. The van der Waals surface area contributed by atoms with Gasteiger partial charge in [-0.3, -0.25) is 4.79 Å². The minimum absolute atomic E-state index is 0.184. The Morgan fingerprint density at radius 2 is 1.86 bits per heavy atom. The summed E-state index contributed by atoms with van der Waals surface area (Å²) in [4.78, 5) is 12.1. The van der Waals surface area contributed by atoms with Gasteiger partial charge in [-0.15, -0.1) is 11.3 Å². The van der Waals surface area contributed by atoms with Crippen molar-refractivity contribution >= 4 is 48.9 Å². The summed E-state index contributed by atoms with van der Waals surface area (Å²) in [5.41, 5.74) is 1.09. The largest absolute Gasteiger partial charge is 0.322 e. The van der Waals surface area contributed by atoms with Gasteiger partial charge in [0.1, 0.15) is 0 Å². The Balaban J connectivity index is 2.15. The molecule has 0 bridgehead atoms. The zero-order chi connectivity index (χ0) is 15.6. The van der Waals surface area contributed by atoms with E-state index < -0.39 is 10.0 Å². The van der Waals surface area contributed by atoms with Crippen molar-refractivity contribution in [1.29, 1.82) is 0 Å². The van der Waals surface area contributed by atoms with Crippen LogP contribution in [-0.2, 0) is 10.0 Å². The van der Waals surface area contributed by atoms with Gasteiger partial charge in [0.05, 0.1) is 14.2 Å². The molecule has 0 unspecified atom stereocenters. The van der Waals surface area contributed by atoms with Crippen molar-refractivity contribution in [2.75, 3.05) is 19.4 Å². The lowest BCUT2D eigenvalue weighted by molar-refractivity contribution is 0.102. The van der Waals surface area contributed by atoms with Gasteiger partial charge in [-0.1, -0.05) is 0 Å². The van der Waals surface area contributed by atoms with Crippen LogP contribution in [0.3, 0.4) is 0 Å². The van der Waals surface area contributed by atoms with Gasteiger partial charge >= 0.3 is 0 Å². The van der Waals surface area contributed by atoms with Crippen LogP contribution in [-0.4, -0.2) is 32.7 Å². The summed E-state index contributed by atoms with van der Waals surface area (Å²) >= 11 is 4.72. The Labute approximate surface area is 135 Å². The van der Waals surface area contributed by atoms with Gasteiger partial charge in [-0.2, -0.15) is 0 Å². The average molecular weight is 389 g/mol. The molecule has 1 amide bonds. The van der Waals surface area contributed by atoms with Crippen molar-refractivity contribution in [1.82, 2.24) is 4.31 Å². The number of halogens is 1. The molecule has 8 heteroatoms. The predicted octanol–water partition coefficient (Wildman–Crippen LogP) is 3.01. The number of carbonyl (C=O) groups excluding carboxylic acids is 1. The fraction of sp³-hybridized carbons (Fsp3) is 0.154. The van der Waals surface area contributed by atoms with E-state index in [9.17, 15) is 13.2 Å². The summed E-state index contributed by atoms with van der Waals surface area (Å²) in [5.74, 6) is -0.236. The first kappa shape index (κ1) is 16.2. The molecule has 1 aromatic heterocycles. The van der Waals surface area contributed by atoms with Crippen molar-refractivity contribution in [2.45, 2.75) is 4.90 Å². The van der Waals surface area contributed by atoms with E-state index in [0.29, 0.717) is 11.3 Å². The zero-order valence-electron chi connectivity index (χ0n) is 11.3. The topological polar surface area (TPSA) is 66.5 Å². The molecule has 0 aliphatic rings. The SMILES string of the molecule is CN(C)S(=O)(=O)c1ccc(NC(=O)c2csc(Br)c2)cc1. The van der Waals surface area contributed by atoms with Crippen molar-refractivity contribution in [3.05, 3.63) is 45.1 Å². The first-order chi connectivity index (χ1) is 9.80. The highest BCUT2D eigenvalue weighted by atomic mass is 79.9. The van der Waals surface area contributed by atoms with Gasteiger partial charge < -0.3 is 5.32 Å². The van der Waals surface area contributed by atoms with Gasteiger partial charge in [-0.25, -0.2) is 12.7 Å². The van der Waals surface area contributed by atoms with Gasteiger partial charge in [0.25, 0.3) is 5.91 Å². The lowest BCUT2D eigenvalue weighted by Crippen LogP contribution is -2.22. The average Bonchev–Trinajstić information content (AvgIpc) is 2.86. The maximum absolute atomic E-state index is 12.0. The number of benzene rings is 1. The lowest BCUT2D eigenvalue weighted by atomic mass is 10.3. The summed E-state index contributed by atoms with van der Waals surface area (Å²) in [6.07, 6.45) is 0. The third-order valence-corrected chi connectivity index (χ3v) is 6.05. The maximum atomic E-state index is 12.0. The quantitative estimate of drug-likeness (QED) is 0.874. The van der Waals surface area contributed by atoms with Crippen molar-refractivity contribution in [2.24, 2.45) is 0 Å². The molecule has 1 N–H and O–H groups in total. The first-order valence-corrected chi connectivity index (χ1v) is 9.00. The van der Waals surface area contributed by atoms with Crippen LogP contribution in [0.5, 0.6) is 0 Å². The fourth-order valence-corrected chi connectivity index (χ4v) is 3.59. The van der Waals surface area contributed by atoms with E-state index in [2.05, 4.69) is 21.2 Å². The molecule has 21 heavy (non-hydrogen) atoms. The van der Waals surface area contributed by atoms with Crippen LogP contribution in [0, 0.1) is 0 Å². The fourth-order valence-electron chi connectivity index (χ4n) is 1.55. The molecule has 2 rings (SSSR count). The van der Waals surface area contributed by atoms with Gasteiger partial charge in [0.15, 0.2) is 0 Å². The smallest absolute Gasteiger partial charge is 0.256 e. The van der Waals surface area contributed by atoms with E-state index in [4.69, 9.17) is 0 Å². The van der Waals surface area contributed by atoms with Crippen molar-refractivity contribution < 1.29 is 13.2 Å². The lowest BCUT2D eigenvalue weighted by Gasteiger charge is -2.11. The minimum Gasteiger partial charge on any atom is -0.322 e. The second-order valence-corrected chi connectivity index (χ2v) is 8.85. The number of rotatable bonds is 4. The third kappa shape index (κ3) is 3.70. The van der Waals surface area contributed by atoms with Gasteiger partial charge in [0.2, 0.25) is 10.0 Å². The van der Waals surface area contributed by atoms with Crippen LogP contribution in [0.25, 0.3) is 0 Å². The molecule has 112 valence electrons. The number of nitrogens with one attached hydrogen (secondary N) is 1. The summed E-state index contributed by atoms with van der Waals surface area (Å²) < 4.78 is 25.9. The van der Waals surface area contributed by atoms with Gasteiger partial charge in [0, 0.05) is 25.2 Å². The number of anilines is 1. The Morgan fingerprint density at radius 1 is 1.24 bits per heavy atom. The highest BCUT2D eigenvalue weighted by Gasteiger charge is 2.17. The zero-order valence-corrected chi connectivity index (χ0v) is 14.5. The summed E-state index contributed by atoms with van der Waals surface area (Å²) in [6, 6.07) is 7.79. The second-order valence-electron chi connectivity index (χ2n) is 4.41. The normalized spacial score (nSPS) is 11.6. The van der Waals surface area contributed by atoms with E-state index >= 15 is 0 Å². The van der Waals surface area contributed by atoms with Crippen LogP contribution >= 0.6 is 27.3 Å². The number of sulfonamides is 1. The standard InChI is InChI=1S/C13H13BrN2O3S2/c1-16(2)21(18,19)11-5-3-10(4-6-11)15-13(17)9-7-12(14)20-8-9/h3-8H,1-2H3,(H,15,17). The first-order valence-electron chi connectivity index (χ1n) is 5.88. The molecule has 0 radical (unpaired) electrons. The van der Waals surface area contributed by atoms with E-state index in [0.717, 1.165) is 8.09 Å². The molecule has 0 aliphatic carbocycles. The number of amides is 1. The highest BCUT2D eigenvalue weighted by Crippen LogP contribution is 2.22. The maximum Gasteiger partial charge on any atom is 0.256 e. The summed E-state index contributed by atoms with van der Waals surface area (Å²) in [6.45, 7) is 0.